The molecule has 0 atom stereocenters. The summed E-state index contributed by atoms with van der Waals surface area (Å²) in [7, 11) is 6.48. The van der Waals surface area contributed by atoms with Crippen LogP contribution in [0.25, 0.3) is 0 Å². The summed E-state index contributed by atoms with van der Waals surface area (Å²) in [6, 6.07) is 0. The van der Waals surface area contributed by atoms with Gasteiger partial charge in [0.1, 0.15) is 0 Å². The van der Waals surface area contributed by atoms with E-state index in [1.54, 1.807) is 0 Å². The van der Waals surface area contributed by atoms with Crippen molar-refractivity contribution in [2.45, 2.75) is 26.2 Å². The third kappa shape index (κ3) is 11.8. The highest BCUT2D eigenvalue weighted by molar-refractivity contribution is 4.55. The lowest BCUT2D eigenvalue weighted by molar-refractivity contribution is 0.296. The van der Waals surface area contributed by atoms with Gasteiger partial charge in [0.15, 0.2) is 0 Å². The van der Waals surface area contributed by atoms with Crippen molar-refractivity contribution in [1.29, 1.82) is 0 Å². The summed E-state index contributed by atoms with van der Waals surface area (Å²) in [4.78, 5) is 4.67. The third-order valence-corrected chi connectivity index (χ3v) is 2.47. The van der Waals surface area contributed by atoms with Crippen LogP contribution in [0.2, 0.25) is 0 Å². The van der Waals surface area contributed by atoms with Gasteiger partial charge in [0.2, 0.25) is 0 Å². The summed E-state index contributed by atoms with van der Waals surface area (Å²) in [5, 5.41) is 3.43. The van der Waals surface area contributed by atoms with Gasteiger partial charge in [-0.3, -0.25) is 0 Å². The molecule has 0 bridgehead atoms. The van der Waals surface area contributed by atoms with Crippen molar-refractivity contribution in [2.24, 2.45) is 0 Å². The second kappa shape index (κ2) is 10.4. The van der Waals surface area contributed by atoms with Gasteiger partial charge in [-0.15, -0.1) is 0 Å². The molecule has 0 aromatic heterocycles. The Bertz CT molecular complexity index is 126. The van der Waals surface area contributed by atoms with Gasteiger partial charge in [-0.1, -0.05) is 6.92 Å². The van der Waals surface area contributed by atoms with Crippen molar-refractivity contribution >= 4 is 0 Å². The average Bonchev–Trinajstić information content (AvgIpc) is 2.17. The van der Waals surface area contributed by atoms with Crippen LogP contribution in [0.5, 0.6) is 0 Å². The first-order valence-electron chi connectivity index (χ1n) is 6.20. The van der Waals surface area contributed by atoms with Crippen molar-refractivity contribution in [3.8, 4) is 0 Å². The van der Waals surface area contributed by atoms with Gasteiger partial charge in [0.25, 0.3) is 0 Å². The van der Waals surface area contributed by atoms with E-state index in [2.05, 4.69) is 43.2 Å². The lowest BCUT2D eigenvalue weighted by Gasteiger charge is -2.18. The summed E-state index contributed by atoms with van der Waals surface area (Å²) in [5.74, 6) is 0. The van der Waals surface area contributed by atoms with E-state index < -0.39 is 0 Å². The van der Waals surface area contributed by atoms with Crippen molar-refractivity contribution < 1.29 is 0 Å². The number of hydrogen-bond donors (Lipinski definition) is 1. The minimum absolute atomic E-state index is 1.16. The number of hydrogen-bond acceptors (Lipinski definition) is 3. The quantitative estimate of drug-likeness (QED) is 0.554. The molecule has 3 heteroatoms. The van der Waals surface area contributed by atoms with Crippen LogP contribution < -0.4 is 5.32 Å². The molecule has 1 N–H and O–H groups in total. The van der Waals surface area contributed by atoms with Gasteiger partial charge in [-0.2, -0.15) is 0 Å². The highest BCUT2D eigenvalue weighted by Gasteiger charge is 1.98. The van der Waals surface area contributed by atoms with E-state index in [1.165, 1.54) is 38.9 Å². The second-order valence-corrected chi connectivity index (χ2v) is 4.56. The summed E-state index contributed by atoms with van der Waals surface area (Å²) >= 11 is 0. The lowest BCUT2D eigenvalue weighted by atomic mass is 10.3. The molecule has 0 radical (unpaired) electrons. The van der Waals surface area contributed by atoms with Crippen LogP contribution in [0.1, 0.15) is 26.2 Å². The third-order valence-electron chi connectivity index (χ3n) is 2.47. The average molecular weight is 215 g/mol. The molecule has 0 aliphatic heterocycles. The fourth-order valence-corrected chi connectivity index (χ4v) is 1.54. The monoisotopic (exact) mass is 215 g/mol. The van der Waals surface area contributed by atoms with Crippen LogP contribution >= 0.6 is 0 Å². The van der Waals surface area contributed by atoms with E-state index in [0.29, 0.717) is 0 Å². The molecule has 15 heavy (non-hydrogen) atoms. The standard InChI is InChI=1S/C12H29N3/c1-5-8-13-9-6-11-15(4)12-7-10-14(2)3/h13H,5-12H2,1-4H3. The number of nitrogens with one attached hydrogen (secondary N) is 1. The van der Waals surface area contributed by atoms with Crippen LogP contribution in [-0.2, 0) is 0 Å². The molecule has 0 aliphatic carbocycles. The molecular weight excluding hydrogens is 186 g/mol. The Morgan fingerprint density at radius 1 is 0.867 bits per heavy atom. The SMILES string of the molecule is CCCNCCCN(C)CCCN(C)C. The molecule has 0 aromatic carbocycles. The van der Waals surface area contributed by atoms with Crippen LogP contribution in [0, 0.1) is 0 Å². The molecule has 0 saturated heterocycles. The van der Waals surface area contributed by atoms with Gasteiger partial charge in [0.05, 0.1) is 0 Å². The van der Waals surface area contributed by atoms with Gasteiger partial charge < -0.3 is 15.1 Å². The van der Waals surface area contributed by atoms with E-state index in [1.807, 2.05) is 0 Å². The Balaban J connectivity index is 3.15. The number of rotatable bonds is 10. The predicted molar refractivity (Wildman–Crippen MR) is 68.4 cm³/mol. The zero-order valence-electron chi connectivity index (χ0n) is 11.1. The van der Waals surface area contributed by atoms with Gasteiger partial charge >= 0.3 is 0 Å². The minimum Gasteiger partial charge on any atom is -0.317 e. The Labute approximate surface area is 95.8 Å². The molecule has 92 valence electrons. The topological polar surface area (TPSA) is 18.5 Å². The maximum Gasteiger partial charge on any atom is -0.000959 e. The highest BCUT2D eigenvalue weighted by atomic mass is 15.1. The normalized spacial score (nSPS) is 11.6. The van der Waals surface area contributed by atoms with Crippen molar-refractivity contribution in [3.05, 3.63) is 0 Å². The van der Waals surface area contributed by atoms with Gasteiger partial charge in [-0.05, 0) is 73.1 Å². The number of nitrogens with zero attached hydrogens (tertiary/aromatic N) is 2. The van der Waals surface area contributed by atoms with Crippen molar-refractivity contribution in [3.63, 3.8) is 0 Å². The molecule has 0 heterocycles. The van der Waals surface area contributed by atoms with Crippen molar-refractivity contribution in [1.82, 2.24) is 15.1 Å². The highest BCUT2D eigenvalue weighted by Crippen LogP contribution is 1.91. The fraction of sp³-hybridized carbons (Fsp3) is 1.00. The van der Waals surface area contributed by atoms with E-state index in [4.69, 9.17) is 0 Å². The first-order valence-corrected chi connectivity index (χ1v) is 6.20. The van der Waals surface area contributed by atoms with Crippen LogP contribution in [0.15, 0.2) is 0 Å². The summed E-state index contributed by atoms with van der Waals surface area (Å²) in [5.41, 5.74) is 0. The molecule has 0 unspecified atom stereocenters. The first kappa shape index (κ1) is 14.9. The summed E-state index contributed by atoms with van der Waals surface area (Å²) < 4.78 is 0. The lowest BCUT2D eigenvalue weighted by Crippen LogP contribution is -2.27. The van der Waals surface area contributed by atoms with E-state index in [-0.39, 0.29) is 0 Å². The Morgan fingerprint density at radius 2 is 1.53 bits per heavy atom. The molecule has 0 fully saturated rings. The van der Waals surface area contributed by atoms with Crippen molar-refractivity contribution in [2.75, 3.05) is 53.9 Å². The van der Waals surface area contributed by atoms with E-state index >= 15 is 0 Å². The largest absolute Gasteiger partial charge is 0.317 e. The second-order valence-electron chi connectivity index (χ2n) is 4.56. The van der Waals surface area contributed by atoms with E-state index in [0.717, 1.165) is 13.1 Å². The first-order chi connectivity index (χ1) is 7.16. The molecule has 0 amide bonds. The maximum absolute atomic E-state index is 3.43. The minimum atomic E-state index is 1.16. The van der Waals surface area contributed by atoms with E-state index in [9.17, 15) is 0 Å². The molecule has 0 aliphatic rings. The van der Waals surface area contributed by atoms with Crippen LogP contribution in [0.3, 0.4) is 0 Å². The predicted octanol–water partition coefficient (Wildman–Crippen LogP) is 1.26. The van der Waals surface area contributed by atoms with Crippen LogP contribution in [-0.4, -0.2) is 63.7 Å². The molecule has 0 aromatic rings. The van der Waals surface area contributed by atoms with Crippen LogP contribution in [0.4, 0.5) is 0 Å². The zero-order chi connectivity index (χ0) is 11.5. The Morgan fingerprint density at radius 3 is 2.13 bits per heavy atom. The molecular formula is C12H29N3. The Kier molecular flexibility index (Phi) is 10.3. The Hall–Kier alpha value is -0.120. The molecule has 3 nitrogen and oxygen atoms in total. The molecule has 0 rings (SSSR count). The maximum atomic E-state index is 3.43. The summed E-state index contributed by atoms with van der Waals surface area (Å²) in [6.07, 6.45) is 3.77. The molecule has 0 saturated carbocycles. The van der Waals surface area contributed by atoms with Gasteiger partial charge in [-0.25, -0.2) is 0 Å². The smallest absolute Gasteiger partial charge is 0.000959 e. The zero-order valence-corrected chi connectivity index (χ0v) is 11.1. The summed E-state index contributed by atoms with van der Waals surface area (Å²) in [6.45, 7) is 8.14. The fourth-order valence-electron chi connectivity index (χ4n) is 1.54. The van der Waals surface area contributed by atoms with Gasteiger partial charge in [0, 0.05) is 0 Å². The molecule has 0 spiro atoms.